The highest BCUT2D eigenvalue weighted by Gasteiger charge is 2.13. The lowest BCUT2D eigenvalue weighted by Crippen LogP contribution is -2.27. The standard InChI is InChI=1S/C23H24N6OS/c1-16-3-5-19(6-4-16)22-26-27-23(31)29(22)13-11-21(30)25-17(2)18-7-9-20(10-8-18)28-14-12-24-15-28/h3-10,12,14-15,17H,11,13H2,1-2H3,(H,25,30)(H,27,31). The number of aryl methyl sites for hydroxylation is 1. The molecular formula is C23H24N6OS. The number of rotatable bonds is 7. The van der Waals surface area contributed by atoms with Gasteiger partial charge in [-0.15, -0.1) is 0 Å². The number of carbonyl (C=O) groups is 1. The van der Waals surface area contributed by atoms with Gasteiger partial charge in [-0.2, -0.15) is 5.10 Å². The Bertz CT molecular complexity index is 1210. The third kappa shape index (κ3) is 4.80. The van der Waals surface area contributed by atoms with Crippen molar-refractivity contribution in [2.45, 2.75) is 32.9 Å². The molecule has 0 bridgehead atoms. The van der Waals surface area contributed by atoms with E-state index in [-0.39, 0.29) is 11.9 Å². The van der Waals surface area contributed by atoms with E-state index in [9.17, 15) is 4.79 Å². The van der Waals surface area contributed by atoms with Crippen molar-refractivity contribution in [2.24, 2.45) is 0 Å². The van der Waals surface area contributed by atoms with Gasteiger partial charge in [0.05, 0.1) is 12.4 Å². The van der Waals surface area contributed by atoms with Crippen LogP contribution in [0.15, 0.2) is 67.3 Å². The first-order valence-electron chi connectivity index (χ1n) is 10.1. The molecule has 31 heavy (non-hydrogen) atoms. The molecule has 2 aromatic carbocycles. The van der Waals surface area contributed by atoms with E-state index in [1.165, 1.54) is 5.56 Å². The summed E-state index contributed by atoms with van der Waals surface area (Å²) < 4.78 is 4.31. The maximum absolute atomic E-state index is 12.6. The average Bonchev–Trinajstić information content (AvgIpc) is 3.43. The number of imidazole rings is 1. The summed E-state index contributed by atoms with van der Waals surface area (Å²) >= 11 is 5.37. The molecule has 0 fully saturated rings. The van der Waals surface area contributed by atoms with Gasteiger partial charge in [0.2, 0.25) is 5.91 Å². The number of aromatic amines is 1. The van der Waals surface area contributed by atoms with Crippen molar-refractivity contribution >= 4 is 18.1 Å². The molecule has 0 aliphatic rings. The molecule has 0 radical (unpaired) electrons. The topological polar surface area (TPSA) is 80.5 Å². The van der Waals surface area contributed by atoms with Crippen molar-refractivity contribution in [3.63, 3.8) is 0 Å². The minimum atomic E-state index is -0.0989. The van der Waals surface area contributed by atoms with Crippen LogP contribution in [0.4, 0.5) is 0 Å². The summed E-state index contributed by atoms with van der Waals surface area (Å²) in [7, 11) is 0. The Labute approximate surface area is 185 Å². The van der Waals surface area contributed by atoms with Gasteiger partial charge in [0.1, 0.15) is 0 Å². The van der Waals surface area contributed by atoms with Crippen LogP contribution in [0.2, 0.25) is 0 Å². The molecule has 1 atom stereocenters. The van der Waals surface area contributed by atoms with E-state index in [0.717, 1.165) is 22.6 Å². The van der Waals surface area contributed by atoms with E-state index in [2.05, 4.69) is 20.5 Å². The first-order chi connectivity index (χ1) is 15.0. The monoisotopic (exact) mass is 432 g/mol. The number of aromatic nitrogens is 5. The molecule has 0 aliphatic heterocycles. The summed E-state index contributed by atoms with van der Waals surface area (Å²) in [6.07, 6.45) is 5.70. The van der Waals surface area contributed by atoms with Crippen molar-refractivity contribution in [3.05, 3.63) is 83.1 Å². The first-order valence-corrected chi connectivity index (χ1v) is 10.5. The van der Waals surface area contributed by atoms with Gasteiger partial charge in [0.25, 0.3) is 0 Å². The first kappa shape index (κ1) is 20.7. The molecule has 2 N–H and O–H groups in total. The maximum Gasteiger partial charge on any atom is 0.222 e. The lowest BCUT2D eigenvalue weighted by Gasteiger charge is -2.15. The maximum atomic E-state index is 12.6. The summed E-state index contributed by atoms with van der Waals surface area (Å²) in [6, 6.07) is 16.0. The highest BCUT2D eigenvalue weighted by atomic mass is 32.1. The third-order valence-electron chi connectivity index (χ3n) is 5.20. The molecule has 0 aliphatic carbocycles. The largest absolute Gasteiger partial charge is 0.350 e. The summed E-state index contributed by atoms with van der Waals surface area (Å²) in [6.45, 7) is 4.47. The quantitative estimate of drug-likeness (QED) is 0.425. The van der Waals surface area contributed by atoms with Crippen LogP contribution in [0.25, 0.3) is 17.1 Å². The Hall–Kier alpha value is -3.52. The van der Waals surface area contributed by atoms with Crippen LogP contribution in [-0.4, -0.2) is 30.2 Å². The van der Waals surface area contributed by atoms with Crippen LogP contribution in [0, 0.1) is 11.7 Å². The Morgan fingerprint density at radius 3 is 2.58 bits per heavy atom. The third-order valence-corrected chi connectivity index (χ3v) is 5.52. The van der Waals surface area contributed by atoms with Crippen LogP contribution in [-0.2, 0) is 11.3 Å². The fourth-order valence-electron chi connectivity index (χ4n) is 3.41. The second-order valence-electron chi connectivity index (χ2n) is 7.47. The average molecular weight is 433 g/mol. The highest BCUT2D eigenvalue weighted by molar-refractivity contribution is 7.71. The number of nitrogens with zero attached hydrogens (tertiary/aromatic N) is 4. The van der Waals surface area contributed by atoms with Gasteiger partial charge >= 0.3 is 0 Å². The second-order valence-corrected chi connectivity index (χ2v) is 7.86. The van der Waals surface area contributed by atoms with Crippen molar-refractivity contribution in [1.82, 2.24) is 29.6 Å². The number of nitrogens with one attached hydrogen (secondary N) is 2. The van der Waals surface area contributed by atoms with E-state index >= 15 is 0 Å². The molecule has 158 valence electrons. The second kappa shape index (κ2) is 9.09. The Morgan fingerprint density at radius 1 is 1.16 bits per heavy atom. The molecule has 0 saturated heterocycles. The predicted molar refractivity (Wildman–Crippen MR) is 122 cm³/mol. The minimum absolute atomic E-state index is 0.0378. The van der Waals surface area contributed by atoms with Crippen molar-refractivity contribution < 1.29 is 4.79 Å². The zero-order valence-electron chi connectivity index (χ0n) is 17.4. The van der Waals surface area contributed by atoms with Crippen LogP contribution in [0.1, 0.15) is 30.5 Å². The zero-order valence-corrected chi connectivity index (χ0v) is 18.3. The lowest BCUT2D eigenvalue weighted by atomic mass is 10.1. The van der Waals surface area contributed by atoms with Gasteiger partial charge in [-0.3, -0.25) is 14.5 Å². The highest BCUT2D eigenvalue weighted by Crippen LogP contribution is 2.19. The van der Waals surface area contributed by atoms with E-state index in [4.69, 9.17) is 12.2 Å². The Morgan fingerprint density at radius 2 is 1.90 bits per heavy atom. The molecule has 1 unspecified atom stereocenters. The summed E-state index contributed by atoms with van der Waals surface area (Å²) in [5, 5.41) is 10.2. The predicted octanol–water partition coefficient (Wildman–Crippen LogP) is 4.37. The molecule has 7 nitrogen and oxygen atoms in total. The molecule has 2 heterocycles. The number of hydrogen-bond donors (Lipinski definition) is 2. The molecule has 4 rings (SSSR count). The summed E-state index contributed by atoms with van der Waals surface area (Å²) in [5.74, 6) is 0.699. The van der Waals surface area contributed by atoms with Gasteiger partial charge in [-0.25, -0.2) is 4.98 Å². The normalized spacial score (nSPS) is 11.9. The van der Waals surface area contributed by atoms with Crippen LogP contribution < -0.4 is 5.32 Å². The van der Waals surface area contributed by atoms with Crippen molar-refractivity contribution in [2.75, 3.05) is 0 Å². The van der Waals surface area contributed by atoms with Gasteiger partial charge in [-0.05, 0) is 43.8 Å². The summed E-state index contributed by atoms with van der Waals surface area (Å²) in [5.41, 5.74) is 4.20. The lowest BCUT2D eigenvalue weighted by molar-refractivity contribution is -0.121. The van der Waals surface area contributed by atoms with Gasteiger partial charge in [0.15, 0.2) is 10.6 Å². The molecular weight excluding hydrogens is 408 g/mol. The van der Waals surface area contributed by atoms with Gasteiger partial charge in [-0.1, -0.05) is 42.0 Å². The number of carbonyl (C=O) groups excluding carboxylic acids is 1. The smallest absolute Gasteiger partial charge is 0.222 e. The number of hydrogen-bond acceptors (Lipinski definition) is 4. The Balaban J connectivity index is 1.38. The molecule has 0 spiro atoms. The van der Waals surface area contributed by atoms with Gasteiger partial charge < -0.3 is 9.88 Å². The van der Waals surface area contributed by atoms with Crippen molar-refractivity contribution in [3.8, 4) is 17.1 Å². The van der Waals surface area contributed by atoms with E-state index in [0.29, 0.717) is 17.7 Å². The van der Waals surface area contributed by atoms with Crippen LogP contribution in [0.5, 0.6) is 0 Å². The number of amides is 1. The van der Waals surface area contributed by atoms with E-state index < -0.39 is 0 Å². The molecule has 4 aromatic rings. The molecule has 1 amide bonds. The number of benzene rings is 2. The summed E-state index contributed by atoms with van der Waals surface area (Å²) in [4.78, 5) is 16.6. The molecule has 0 saturated carbocycles. The Kier molecular flexibility index (Phi) is 6.08. The zero-order chi connectivity index (χ0) is 21.8. The van der Waals surface area contributed by atoms with Crippen LogP contribution in [0.3, 0.4) is 0 Å². The SMILES string of the molecule is Cc1ccc(-c2n[nH]c(=S)n2CCC(=O)NC(C)c2ccc(-n3ccnc3)cc2)cc1. The molecule has 2 aromatic heterocycles. The minimum Gasteiger partial charge on any atom is -0.350 e. The van der Waals surface area contributed by atoms with Crippen LogP contribution >= 0.6 is 12.2 Å². The number of H-pyrrole nitrogens is 1. The fraction of sp³-hybridized carbons (Fsp3) is 0.217. The molecule has 8 heteroatoms. The van der Waals surface area contributed by atoms with E-state index in [1.807, 2.05) is 77.7 Å². The van der Waals surface area contributed by atoms with E-state index in [1.54, 1.807) is 12.5 Å². The van der Waals surface area contributed by atoms with Crippen molar-refractivity contribution in [1.29, 1.82) is 0 Å². The fourth-order valence-corrected chi connectivity index (χ4v) is 3.63. The van der Waals surface area contributed by atoms with Gasteiger partial charge in [0, 0.05) is 36.6 Å².